The van der Waals surface area contributed by atoms with Crippen LogP contribution in [0.15, 0.2) is 0 Å². The molecule has 0 bridgehead atoms. The largest absolute Gasteiger partial charge is 0.377 e. The first-order chi connectivity index (χ1) is 8.02. The summed E-state index contributed by atoms with van der Waals surface area (Å²) in [5.74, 6) is 0. The molecule has 2 N–H and O–H groups in total. The summed E-state index contributed by atoms with van der Waals surface area (Å²) in [6.07, 6.45) is 7.89. The van der Waals surface area contributed by atoms with Crippen LogP contribution in [0.25, 0.3) is 0 Å². The summed E-state index contributed by atoms with van der Waals surface area (Å²) in [7, 11) is 2.16. The highest BCUT2D eigenvalue weighted by Gasteiger charge is 2.27. The Hall–Kier alpha value is -0.120. The number of hydrogen-bond acceptors (Lipinski definition) is 3. The summed E-state index contributed by atoms with van der Waals surface area (Å²) in [6, 6.07) is 0. The number of nitrogens with two attached hydrogens (primary N) is 1. The van der Waals surface area contributed by atoms with E-state index in [0.29, 0.717) is 6.10 Å². The molecule has 3 heteroatoms. The number of nitrogens with zero attached hydrogens (tertiary/aromatic N) is 1. The standard InChI is InChI=1S/C14H30N2O/c1-13(2)17-12-11-16(3)10-9-14(15)7-5-4-6-8-14/h13H,4-12,15H2,1-3H3. The molecule has 0 aromatic rings. The first-order valence-electron chi connectivity index (χ1n) is 7.11. The maximum Gasteiger partial charge on any atom is 0.0596 e. The van der Waals surface area contributed by atoms with Crippen molar-refractivity contribution in [2.45, 2.75) is 64.0 Å². The van der Waals surface area contributed by atoms with Gasteiger partial charge in [0.15, 0.2) is 0 Å². The Morgan fingerprint density at radius 3 is 2.41 bits per heavy atom. The summed E-state index contributed by atoms with van der Waals surface area (Å²) >= 11 is 0. The Bertz CT molecular complexity index is 200. The molecule has 0 heterocycles. The van der Waals surface area contributed by atoms with Crippen LogP contribution in [-0.2, 0) is 4.74 Å². The van der Waals surface area contributed by atoms with Gasteiger partial charge in [0.1, 0.15) is 0 Å². The van der Waals surface area contributed by atoms with Gasteiger partial charge in [-0.2, -0.15) is 0 Å². The van der Waals surface area contributed by atoms with E-state index in [1.807, 2.05) is 0 Å². The molecule has 0 aromatic carbocycles. The van der Waals surface area contributed by atoms with E-state index in [-0.39, 0.29) is 5.54 Å². The van der Waals surface area contributed by atoms with Crippen molar-refractivity contribution in [2.75, 3.05) is 26.7 Å². The van der Waals surface area contributed by atoms with Gasteiger partial charge in [-0.15, -0.1) is 0 Å². The lowest BCUT2D eigenvalue weighted by Gasteiger charge is -2.34. The first-order valence-corrected chi connectivity index (χ1v) is 7.11. The fourth-order valence-electron chi connectivity index (χ4n) is 2.48. The molecule has 0 radical (unpaired) electrons. The Kier molecular flexibility index (Phi) is 6.45. The van der Waals surface area contributed by atoms with Crippen LogP contribution in [0.5, 0.6) is 0 Å². The van der Waals surface area contributed by atoms with E-state index in [1.165, 1.54) is 32.1 Å². The Labute approximate surface area is 107 Å². The van der Waals surface area contributed by atoms with Gasteiger partial charge < -0.3 is 15.4 Å². The molecule has 17 heavy (non-hydrogen) atoms. The molecule has 0 saturated heterocycles. The minimum Gasteiger partial charge on any atom is -0.377 e. The van der Waals surface area contributed by atoms with E-state index in [4.69, 9.17) is 10.5 Å². The highest BCUT2D eigenvalue weighted by atomic mass is 16.5. The second kappa shape index (κ2) is 7.34. The smallest absolute Gasteiger partial charge is 0.0596 e. The Morgan fingerprint density at radius 2 is 1.82 bits per heavy atom. The minimum atomic E-state index is 0.116. The second-order valence-corrected chi connectivity index (χ2v) is 5.90. The van der Waals surface area contributed by atoms with Crippen molar-refractivity contribution >= 4 is 0 Å². The lowest BCUT2D eigenvalue weighted by molar-refractivity contribution is 0.0620. The van der Waals surface area contributed by atoms with Crippen LogP contribution in [0.3, 0.4) is 0 Å². The van der Waals surface area contributed by atoms with Gasteiger partial charge in [-0.05, 0) is 46.7 Å². The van der Waals surface area contributed by atoms with Crippen LogP contribution in [0.4, 0.5) is 0 Å². The molecule has 1 saturated carbocycles. The quantitative estimate of drug-likeness (QED) is 0.745. The summed E-state index contributed by atoms with van der Waals surface area (Å²) in [4.78, 5) is 2.34. The van der Waals surface area contributed by atoms with Gasteiger partial charge in [-0.3, -0.25) is 0 Å². The molecule has 1 rings (SSSR count). The second-order valence-electron chi connectivity index (χ2n) is 5.90. The van der Waals surface area contributed by atoms with Crippen molar-refractivity contribution in [3.63, 3.8) is 0 Å². The van der Waals surface area contributed by atoms with Crippen molar-refractivity contribution in [1.82, 2.24) is 4.90 Å². The highest BCUT2D eigenvalue weighted by Crippen LogP contribution is 2.28. The van der Waals surface area contributed by atoms with Crippen LogP contribution >= 0.6 is 0 Å². The molecule has 0 aromatic heterocycles. The number of ether oxygens (including phenoxy) is 1. The molecular formula is C14H30N2O. The zero-order chi connectivity index (χ0) is 12.7. The third-order valence-electron chi connectivity index (χ3n) is 3.76. The van der Waals surface area contributed by atoms with Crippen molar-refractivity contribution in [2.24, 2.45) is 5.73 Å². The lowest BCUT2D eigenvalue weighted by Crippen LogP contribution is -2.44. The lowest BCUT2D eigenvalue weighted by atomic mass is 9.80. The van der Waals surface area contributed by atoms with Crippen molar-refractivity contribution < 1.29 is 4.74 Å². The van der Waals surface area contributed by atoms with Gasteiger partial charge in [0.05, 0.1) is 12.7 Å². The topological polar surface area (TPSA) is 38.5 Å². The third-order valence-corrected chi connectivity index (χ3v) is 3.76. The third kappa shape index (κ3) is 6.39. The van der Waals surface area contributed by atoms with Crippen molar-refractivity contribution in [3.05, 3.63) is 0 Å². The van der Waals surface area contributed by atoms with Crippen LogP contribution in [0, 0.1) is 0 Å². The number of likely N-dealkylation sites (N-methyl/N-ethyl adjacent to an activating group) is 1. The molecule has 1 aliphatic rings. The summed E-state index contributed by atoms with van der Waals surface area (Å²) < 4.78 is 5.56. The highest BCUT2D eigenvalue weighted by molar-refractivity contribution is 4.87. The maximum atomic E-state index is 6.43. The van der Waals surface area contributed by atoms with Gasteiger partial charge in [0.2, 0.25) is 0 Å². The van der Waals surface area contributed by atoms with E-state index in [0.717, 1.165) is 26.1 Å². The molecule has 1 aliphatic carbocycles. The van der Waals surface area contributed by atoms with Crippen LogP contribution in [0.1, 0.15) is 52.4 Å². The molecule has 0 atom stereocenters. The van der Waals surface area contributed by atoms with Crippen molar-refractivity contribution in [3.8, 4) is 0 Å². The van der Waals surface area contributed by atoms with Crippen LogP contribution < -0.4 is 5.73 Å². The molecule has 0 amide bonds. The van der Waals surface area contributed by atoms with Gasteiger partial charge in [-0.25, -0.2) is 0 Å². The van der Waals surface area contributed by atoms with E-state index >= 15 is 0 Å². The summed E-state index contributed by atoms with van der Waals surface area (Å²) in [6.45, 7) is 7.09. The SMILES string of the molecule is CC(C)OCCN(C)CCC1(N)CCCCC1. The summed E-state index contributed by atoms with van der Waals surface area (Å²) in [5.41, 5.74) is 6.54. The Morgan fingerprint density at radius 1 is 1.18 bits per heavy atom. The predicted molar refractivity (Wildman–Crippen MR) is 73.2 cm³/mol. The molecule has 0 unspecified atom stereocenters. The van der Waals surface area contributed by atoms with Gasteiger partial charge in [0.25, 0.3) is 0 Å². The van der Waals surface area contributed by atoms with E-state index in [1.54, 1.807) is 0 Å². The molecule has 102 valence electrons. The number of hydrogen-bond donors (Lipinski definition) is 1. The van der Waals surface area contributed by atoms with E-state index in [2.05, 4.69) is 25.8 Å². The fraction of sp³-hybridized carbons (Fsp3) is 1.00. The molecule has 1 fully saturated rings. The Balaban J connectivity index is 2.11. The maximum absolute atomic E-state index is 6.43. The van der Waals surface area contributed by atoms with E-state index < -0.39 is 0 Å². The van der Waals surface area contributed by atoms with Crippen LogP contribution in [0.2, 0.25) is 0 Å². The van der Waals surface area contributed by atoms with Crippen molar-refractivity contribution in [1.29, 1.82) is 0 Å². The van der Waals surface area contributed by atoms with Gasteiger partial charge in [-0.1, -0.05) is 19.3 Å². The average Bonchev–Trinajstić information content (AvgIpc) is 2.27. The molecule has 0 aliphatic heterocycles. The molecule has 3 nitrogen and oxygen atoms in total. The predicted octanol–water partition coefficient (Wildman–Crippen LogP) is 2.39. The minimum absolute atomic E-state index is 0.116. The van der Waals surface area contributed by atoms with Gasteiger partial charge >= 0.3 is 0 Å². The molecule has 0 spiro atoms. The monoisotopic (exact) mass is 242 g/mol. The zero-order valence-corrected chi connectivity index (χ0v) is 11.9. The molecular weight excluding hydrogens is 212 g/mol. The normalized spacial score (nSPS) is 20.1. The van der Waals surface area contributed by atoms with Gasteiger partial charge in [0, 0.05) is 12.1 Å². The average molecular weight is 242 g/mol. The fourth-order valence-corrected chi connectivity index (χ4v) is 2.48. The van der Waals surface area contributed by atoms with Crippen LogP contribution in [-0.4, -0.2) is 43.3 Å². The zero-order valence-electron chi connectivity index (χ0n) is 11.9. The van der Waals surface area contributed by atoms with E-state index in [9.17, 15) is 0 Å². The first kappa shape index (κ1) is 14.9. The number of rotatable bonds is 7. The summed E-state index contributed by atoms with van der Waals surface area (Å²) in [5, 5.41) is 0.